The number of amidine groups is 1. The van der Waals surface area contributed by atoms with E-state index >= 15 is 0 Å². The van der Waals surface area contributed by atoms with Gasteiger partial charge in [-0.15, -0.1) is 4.40 Å². The average molecular weight is 561 g/mol. The number of sulfonamides is 1. The van der Waals surface area contributed by atoms with E-state index in [0.29, 0.717) is 29.8 Å². The Morgan fingerprint density at radius 3 is 2.44 bits per heavy atom. The van der Waals surface area contributed by atoms with Gasteiger partial charge in [0.25, 0.3) is 10.0 Å². The summed E-state index contributed by atoms with van der Waals surface area (Å²) in [4.78, 5) is 0.0358. The van der Waals surface area contributed by atoms with Gasteiger partial charge >= 0.3 is 7.12 Å². The van der Waals surface area contributed by atoms with Gasteiger partial charge < -0.3 is 23.5 Å². The largest absolute Gasteiger partial charge is 0.494 e. The number of methoxy groups -OCH3 is 2. The first-order valence-corrected chi connectivity index (χ1v) is 13.9. The van der Waals surface area contributed by atoms with Crippen molar-refractivity contribution in [3.8, 4) is 5.75 Å². The minimum absolute atomic E-state index is 0.0358. The summed E-state index contributed by atoms with van der Waals surface area (Å²) in [5, 5.41) is 5.92. The molecule has 210 valence electrons. The molecule has 2 heterocycles. The molecular formula is C26H33BFN3O7S. The molecule has 0 saturated carbocycles. The molecule has 1 saturated heterocycles. The number of rotatable bonds is 10. The molecule has 0 bridgehead atoms. The molecule has 39 heavy (non-hydrogen) atoms. The number of fused-ring (bicyclic) bond motifs is 1. The number of ether oxygens (including phenoxy) is 3. The van der Waals surface area contributed by atoms with Crippen LogP contribution in [0.5, 0.6) is 5.75 Å². The number of benzene rings is 2. The van der Waals surface area contributed by atoms with Crippen LogP contribution in [0.1, 0.15) is 38.8 Å². The molecule has 0 N–H and O–H groups in total. The van der Waals surface area contributed by atoms with Crippen LogP contribution < -0.4 is 10.2 Å². The molecule has 0 spiro atoms. The van der Waals surface area contributed by atoms with Crippen LogP contribution in [0.3, 0.4) is 0 Å². The van der Waals surface area contributed by atoms with Gasteiger partial charge in [0.15, 0.2) is 17.4 Å². The van der Waals surface area contributed by atoms with Crippen LogP contribution in [0.2, 0.25) is 0 Å². The monoisotopic (exact) mass is 561 g/mol. The lowest BCUT2D eigenvalue weighted by atomic mass is 9.79. The molecular weight excluding hydrogens is 528 g/mol. The van der Waals surface area contributed by atoms with Crippen molar-refractivity contribution in [2.75, 3.05) is 40.6 Å². The Labute approximate surface area is 228 Å². The lowest BCUT2D eigenvalue weighted by molar-refractivity contribution is 0.00578. The molecule has 0 amide bonds. The van der Waals surface area contributed by atoms with E-state index in [1.165, 1.54) is 42.6 Å². The van der Waals surface area contributed by atoms with Gasteiger partial charge in [-0.1, -0.05) is 18.2 Å². The first-order chi connectivity index (χ1) is 18.4. The molecule has 13 heteroatoms. The number of nitrogens with zero attached hydrogens (tertiary/aromatic N) is 3. The molecule has 0 atom stereocenters. The fourth-order valence-electron chi connectivity index (χ4n) is 3.97. The number of hydrogen-bond donors (Lipinski definition) is 0. The van der Waals surface area contributed by atoms with Gasteiger partial charge in [0, 0.05) is 12.7 Å². The maximum absolute atomic E-state index is 13.9. The lowest BCUT2D eigenvalue weighted by Crippen LogP contribution is -2.41. The summed E-state index contributed by atoms with van der Waals surface area (Å²) >= 11 is 0. The summed E-state index contributed by atoms with van der Waals surface area (Å²) in [7, 11) is -1.80. The van der Waals surface area contributed by atoms with Gasteiger partial charge in [0.2, 0.25) is 0 Å². The number of hydrogen-bond acceptors (Lipinski definition) is 9. The van der Waals surface area contributed by atoms with Crippen LogP contribution in [-0.4, -0.2) is 84.4 Å². The van der Waals surface area contributed by atoms with E-state index in [1.54, 1.807) is 19.2 Å². The fourth-order valence-corrected chi connectivity index (χ4v) is 5.21. The highest BCUT2D eigenvalue weighted by Crippen LogP contribution is 2.37. The Balaban J connectivity index is 1.64. The maximum Gasteiger partial charge on any atom is 0.494 e. The molecule has 2 aromatic carbocycles. The van der Waals surface area contributed by atoms with E-state index in [4.69, 9.17) is 23.5 Å². The van der Waals surface area contributed by atoms with Crippen molar-refractivity contribution < 1.29 is 36.3 Å². The second kappa shape index (κ2) is 11.3. The summed E-state index contributed by atoms with van der Waals surface area (Å²) in [6, 6.07) is 9.26. The summed E-state index contributed by atoms with van der Waals surface area (Å²) < 4.78 is 72.0. The van der Waals surface area contributed by atoms with Crippen LogP contribution in [0.15, 0.2) is 50.8 Å². The topological polar surface area (TPSA) is 108 Å². The van der Waals surface area contributed by atoms with Gasteiger partial charge in [-0.2, -0.15) is 13.5 Å². The fraction of sp³-hybridized carbons (Fsp3) is 0.462. The zero-order valence-corrected chi connectivity index (χ0v) is 23.7. The van der Waals surface area contributed by atoms with Crippen molar-refractivity contribution in [1.82, 2.24) is 5.01 Å². The highest BCUT2D eigenvalue weighted by atomic mass is 32.2. The summed E-state index contributed by atoms with van der Waals surface area (Å²) in [5.74, 6) is -0.295. The van der Waals surface area contributed by atoms with Gasteiger partial charge in [-0.3, -0.25) is 0 Å². The quantitative estimate of drug-likeness (QED) is 0.189. The molecule has 2 aliphatic rings. The first kappa shape index (κ1) is 29.2. The number of halogens is 1. The zero-order chi connectivity index (χ0) is 28.4. The Morgan fingerprint density at radius 1 is 1.05 bits per heavy atom. The van der Waals surface area contributed by atoms with Crippen molar-refractivity contribution in [2.45, 2.75) is 43.8 Å². The van der Waals surface area contributed by atoms with Crippen molar-refractivity contribution in [1.29, 1.82) is 0 Å². The predicted molar refractivity (Wildman–Crippen MR) is 146 cm³/mol. The van der Waals surface area contributed by atoms with E-state index in [1.807, 2.05) is 27.7 Å². The molecule has 2 aromatic rings. The molecule has 0 aromatic heterocycles. The minimum Gasteiger partial charge on any atom is -0.494 e. The smallest absolute Gasteiger partial charge is 0.494 e. The van der Waals surface area contributed by atoms with E-state index in [0.717, 1.165) is 0 Å². The van der Waals surface area contributed by atoms with E-state index in [2.05, 4.69) is 9.50 Å². The zero-order valence-electron chi connectivity index (χ0n) is 22.9. The molecule has 0 aliphatic carbocycles. The van der Waals surface area contributed by atoms with Crippen molar-refractivity contribution >= 4 is 34.7 Å². The molecule has 4 rings (SSSR count). The Hall–Kier alpha value is -2.84. The van der Waals surface area contributed by atoms with Crippen LogP contribution >= 0.6 is 0 Å². The SMILES string of the molecule is COCCOCCN(/N=C/c1ccc(F)c(OC)c1)C1=NS(=O)(=O)c2cc(B3OC(C)(C)C(C)(C)O3)ccc21. The normalized spacial score (nSPS) is 18.8. The Morgan fingerprint density at radius 2 is 1.77 bits per heavy atom. The van der Waals surface area contributed by atoms with Crippen LogP contribution in [0, 0.1) is 5.82 Å². The summed E-state index contributed by atoms with van der Waals surface area (Å²) in [5.41, 5.74) is 0.365. The second-order valence-corrected chi connectivity index (χ2v) is 11.7. The van der Waals surface area contributed by atoms with Gasteiger partial charge in [0.1, 0.15) is 4.90 Å². The molecule has 1 fully saturated rings. The molecule has 0 radical (unpaired) electrons. The van der Waals surface area contributed by atoms with E-state index in [-0.39, 0.29) is 29.6 Å². The van der Waals surface area contributed by atoms with Crippen molar-refractivity contribution in [3.63, 3.8) is 0 Å². The highest BCUT2D eigenvalue weighted by Gasteiger charge is 2.52. The highest BCUT2D eigenvalue weighted by molar-refractivity contribution is 7.90. The van der Waals surface area contributed by atoms with Gasteiger partial charge in [-0.25, -0.2) is 9.40 Å². The first-order valence-electron chi connectivity index (χ1n) is 12.5. The predicted octanol–water partition coefficient (Wildman–Crippen LogP) is 2.58. The van der Waals surface area contributed by atoms with Crippen LogP contribution in [-0.2, 0) is 28.8 Å². The van der Waals surface area contributed by atoms with Gasteiger partial charge in [-0.05, 0) is 56.9 Å². The minimum atomic E-state index is -4.02. The van der Waals surface area contributed by atoms with Crippen LogP contribution in [0.25, 0.3) is 0 Å². The second-order valence-electron chi connectivity index (χ2n) is 10.1. The molecule has 0 unspecified atom stereocenters. The third kappa shape index (κ3) is 6.17. The standard InChI is InChI=1S/C26H33BFN3O7S/c1-25(2)26(3,4)38-27(37-25)19-8-9-20-23(16-19)39(32,33)30-24(20)31(11-12-36-14-13-34-5)29-17-18-7-10-21(28)22(15-18)35-6/h7-10,15-17H,11-14H2,1-6H3/b29-17+. The van der Waals surface area contributed by atoms with Crippen molar-refractivity contribution in [2.24, 2.45) is 9.50 Å². The van der Waals surface area contributed by atoms with Crippen LogP contribution in [0.4, 0.5) is 4.39 Å². The third-order valence-electron chi connectivity index (χ3n) is 6.90. The third-order valence-corrected chi connectivity index (χ3v) is 8.21. The van der Waals surface area contributed by atoms with E-state index < -0.39 is 34.2 Å². The Kier molecular flexibility index (Phi) is 8.48. The lowest BCUT2D eigenvalue weighted by Gasteiger charge is -2.32. The molecule has 2 aliphatic heterocycles. The maximum atomic E-state index is 13.9. The summed E-state index contributed by atoms with van der Waals surface area (Å²) in [6.07, 6.45) is 1.48. The number of hydrazone groups is 1. The van der Waals surface area contributed by atoms with Gasteiger partial charge in [0.05, 0.1) is 50.9 Å². The average Bonchev–Trinajstić information content (AvgIpc) is 3.28. The summed E-state index contributed by atoms with van der Waals surface area (Å²) in [6.45, 7) is 8.93. The van der Waals surface area contributed by atoms with E-state index in [9.17, 15) is 12.8 Å². The molecule has 10 nitrogen and oxygen atoms in total. The van der Waals surface area contributed by atoms with Crippen molar-refractivity contribution in [3.05, 3.63) is 53.3 Å². The Bertz CT molecular complexity index is 1370.